The van der Waals surface area contributed by atoms with Crippen molar-refractivity contribution in [3.8, 4) is 0 Å². The quantitative estimate of drug-likeness (QED) is 0.629. The average molecular weight is 223 g/mol. The van der Waals surface area contributed by atoms with E-state index in [1.54, 1.807) is 19.1 Å². The van der Waals surface area contributed by atoms with E-state index in [1.807, 2.05) is 19.0 Å². The lowest BCUT2D eigenvalue weighted by atomic mass is 10.0. The zero-order valence-corrected chi connectivity index (χ0v) is 9.76. The zero-order valence-electron chi connectivity index (χ0n) is 8.94. The highest BCUT2D eigenvalue weighted by Gasteiger charge is 2.12. The molecule has 0 saturated heterocycles. The molecule has 0 amide bonds. The summed E-state index contributed by atoms with van der Waals surface area (Å²) in [6, 6.07) is 3.49. The summed E-state index contributed by atoms with van der Waals surface area (Å²) in [6.07, 6.45) is 0.784. The van der Waals surface area contributed by atoms with Gasteiger partial charge < -0.3 is 10.0 Å². The van der Waals surface area contributed by atoms with Crippen molar-refractivity contribution in [2.45, 2.75) is 6.92 Å². The van der Waals surface area contributed by atoms with Crippen LogP contribution in [0.15, 0.2) is 12.1 Å². The highest BCUT2D eigenvalue weighted by molar-refractivity contribution is 7.80. The first-order chi connectivity index (χ1) is 6.99. The molecule has 3 nitrogen and oxygen atoms in total. The number of anilines is 1. The topological polar surface area (TPSA) is 40.5 Å². The van der Waals surface area contributed by atoms with Crippen LogP contribution in [0.25, 0.3) is 0 Å². The lowest BCUT2D eigenvalue weighted by Crippen LogP contribution is -2.13. The first kappa shape index (κ1) is 11.7. The Morgan fingerprint density at radius 3 is 2.47 bits per heavy atom. The normalized spacial score (nSPS) is 9.80. The van der Waals surface area contributed by atoms with Gasteiger partial charge in [-0.25, -0.2) is 0 Å². The Labute approximate surface area is 94.3 Å². The minimum absolute atomic E-state index is 0.180. The van der Waals surface area contributed by atoms with Crippen LogP contribution >= 0.6 is 12.2 Å². The molecule has 0 fully saturated rings. The molecular formula is C11H13NO2S. The summed E-state index contributed by atoms with van der Waals surface area (Å²) in [4.78, 5) is 12.8. The molecular weight excluding hydrogens is 210 g/mol. The Morgan fingerprint density at radius 1 is 1.47 bits per heavy atom. The van der Waals surface area contributed by atoms with E-state index in [-0.39, 0.29) is 5.05 Å². The fourth-order valence-corrected chi connectivity index (χ4v) is 1.71. The molecule has 0 spiro atoms. The molecule has 0 atom stereocenters. The van der Waals surface area contributed by atoms with Crippen molar-refractivity contribution in [3.63, 3.8) is 0 Å². The Morgan fingerprint density at radius 2 is 2.07 bits per heavy atom. The molecule has 0 aliphatic carbocycles. The van der Waals surface area contributed by atoms with Crippen molar-refractivity contribution in [1.29, 1.82) is 0 Å². The smallest absolute Gasteiger partial charge is 0.188 e. The molecule has 1 N–H and O–H groups in total. The van der Waals surface area contributed by atoms with Crippen LogP contribution < -0.4 is 4.90 Å². The van der Waals surface area contributed by atoms with Gasteiger partial charge in [-0.2, -0.15) is 0 Å². The van der Waals surface area contributed by atoms with Gasteiger partial charge in [-0.05, 0) is 36.8 Å². The third-order valence-electron chi connectivity index (χ3n) is 2.32. The molecule has 1 rings (SSSR count). The molecule has 80 valence electrons. The molecule has 0 aliphatic rings. The van der Waals surface area contributed by atoms with Crippen LogP contribution in [-0.2, 0) is 0 Å². The Balaban J connectivity index is 3.45. The van der Waals surface area contributed by atoms with Gasteiger partial charge in [0.2, 0.25) is 0 Å². The van der Waals surface area contributed by atoms with Crippen LogP contribution in [0.1, 0.15) is 21.5 Å². The second-order valence-electron chi connectivity index (χ2n) is 3.49. The van der Waals surface area contributed by atoms with Crippen molar-refractivity contribution in [3.05, 3.63) is 28.8 Å². The van der Waals surface area contributed by atoms with Gasteiger partial charge in [-0.15, -0.1) is 0 Å². The van der Waals surface area contributed by atoms with E-state index >= 15 is 0 Å². The average Bonchev–Trinajstić information content (AvgIpc) is 2.16. The van der Waals surface area contributed by atoms with Crippen LogP contribution in [-0.4, -0.2) is 30.5 Å². The molecule has 0 unspecified atom stereocenters. The molecule has 0 bridgehead atoms. The monoisotopic (exact) mass is 223 g/mol. The van der Waals surface area contributed by atoms with Crippen LogP contribution in [0, 0.1) is 6.92 Å². The lowest BCUT2D eigenvalue weighted by molar-refractivity contribution is 0.112. The van der Waals surface area contributed by atoms with E-state index in [0.717, 1.165) is 12.0 Å². The second kappa shape index (κ2) is 4.40. The largest absolute Gasteiger partial charge is 0.499 e. The number of rotatable bonds is 3. The number of hydrogen-bond donors (Lipinski definition) is 1. The minimum atomic E-state index is -0.180. The number of aliphatic hydroxyl groups is 1. The number of carbonyl (C=O) groups excluding carboxylic acids is 1. The van der Waals surface area contributed by atoms with Gasteiger partial charge in [-0.3, -0.25) is 4.79 Å². The minimum Gasteiger partial charge on any atom is -0.499 e. The zero-order chi connectivity index (χ0) is 11.6. The molecule has 1 aromatic rings. The van der Waals surface area contributed by atoms with Gasteiger partial charge in [0.15, 0.2) is 11.3 Å². The summed E-state index contributed by atoms with van der Waals surface area (Å²) in [6.45, 7) is 1.77. The van der Waals surface area contributed by atoms with Gasteiger partial charge in [0.1, 0.15) is 0 Å². The summed E-state index contributed by atoms with van der Waals surface area (Å²) in [5, 5.41) is 9.08. The molecule has 1 aromatic carbocycles. The van der Waals surface area contributed by atoms with Gasteiger partial charge in [0.05, 0.1) is 0 Å². The van der Waals surface area contributed by atoms with Crippen LogP contribution in [0.4, 0.5) is 5.69 Å². The Hall–Kier alpha value is -1.42. The van der Waals surface area contributed by atoms with Gasteiger partial charge in [0.25, 0.3) is 0 Å². The second-order valence-corrected chi connectivity index (χ2v) is 3.88. The molecule has 4 heteroatoms. The van der Waals surface area contributed by atoms with E-state index in [1.165, 1.54) is 0 Å². The molecule has 15 heavy (non-hydrogen) atoms. The SMILES string of the molecule is Cc1c(C(O)=S)ccc(N(C)C)c1C=O. The molecule has 0 aliphatic heterocycles. The molecule has 0 aromatic heterocycles. The summed E-state index contributed by atoms with van der Waals surface area (Å²) >= 11 is 4.69. The number of aliphatic hydroxyl groups excluding tert-OH is 1. The van der Waals surface area contributed by atoms with E-state index in [4.69, 9.17) is 12.2 Å². The van der Waals surface area contributed by atoms with Crippen molar-refractivity contribution >= 4 is 29.2 Å². The summed E-state index contributed by atoms with van der Waals surface area (Å²) < 4.78 is 0. The van der Waals surface area contributed by atoms with Gasteiger partial charge in [-0.1, -0.05) is 0 Å². The van der Waals surface area contributed by atoms with Crippen LogP contribution in [0.5, 0.6) is 0 Å². The maximum absolute atomic E-state index is 11.0. The van der Waals surface area contributed by atoms with Crippen LogP contribution in [0.2, 0.25) is 0 Å². The Bertz CT molecular complexity index is 413. The maximum atomic E-state index is 11.0. The maximum Gasteiger partial charge on any atom is 0.188 e. The van der Waals surface area contributed by atoms with E-state index < -0.39 is 0 Å². The third-order valence-corrected chi connectivity index (χ3v) is 2.54. The standard InChI is InChI=1S/C11H13NO2S/c1-7-8(11(14)15)4-5-10(12(2)3)9(7)6-13/h4-6H,1-3H3,(H,14,15). The first-order valence-corrected chi connectivity index (χ1v) is 4.89. The fourth-order valence-electron chi connectivity index (χ4n) is 1.48. The summed E-state index contributed by atoms with van der Waals surface area (Å²) in [5.74, 6) is 0. The predicted octanol–water partition coefficient (Wildman–Crippen LogP) is 2.11. The lowest BCUT2D eigenvalue weighted by Gasteiger charge is -2.17. The number of benzene rings is 1. The van der Waals surface area contributed by atoms with Crippen molar-refractivity contribution in [2.24, 2.45) is 0 Å². The molecule has 0 heterocycles. The first-order valence-electron chi connectivity index (χ1n) is 4.48. The fraction of sp³-hybridized carbons (Fsp3) is 0.273. The third kappa shape index (κ3) is 2.15. The number of aldehydes is 1. The van der Waals surface area contributed by atoms with Crippen molar-refractivity contribution in [2.75, 3.05) is 19.0 Å². The van der Waals surface area contributed by atoms with Crippen molar-refractivity contribution in [1.82, 2.24) is 0 Å². The van der Waals surface area contributed by atoms with Gasteiger partial charge in [0, 0.05) is 30.9 Å². The van der Waals surface area contributed by atoms with E-state index in [0.29, 0.717) is 16.7 Å². The summed E-state index contributed by atoms with van der Waals surface area (Å²) in [5.41, 5.74) is 2.64. The molecule has 0 radical (unpaired) electrons. The number of carbonyl (C=O) groups is 1. The molecule has 0 saturated carbocycles. The predicted molar refractivity (Wildman–Crippen MR) is 65.2 cm³/mol. The van der Waals surface area contributed by atoms with E-state index in [9.17, 15) is 9.90 Å². The van der Waals surface area contributed by atoms with E-state index in [2.05, 4.69) is 0 Å². The van der Waals surface area contributed by atoms with Crippen LogP contribution in [0.3, 0.4) is 0 Å². The highest BCUT2D eigenvalue weighted by Crippen LogP contribution is 2.23. The number of hydrogen-bond acceptors (Lipinski definition) is 3. The summed E-state index contributed by atoms with van der Waals surface area (Å²) in [7, 11) is 3.72. The highest BCUT2D eigenvalue weighted by atomic mass is 32.1. The Kier molecular flexibility index (Phi) is 3.42. The number of thiocarbonyl (C=S) groups is 1. The van der Waals surface area contributed by atoms with Gasteiger partial charge >= 0.3 is 0 Å². The van der Waals surface area contributed by atoms with Crippen molar-refractivity contribution < 1.29 is 9.90 Å². The number of nitrogens with zero attached hydrogens (tertiary/aromatic N) is 1.